The zero-order valence-corrected chi connectivity index (χ0v) is 20.8. The summed E-state index contributed by atoms with van der Waals surface area (Å²) in [6.45, 7) is 0.450. The maximum atomic E-state index is 12.3. The van der Waals surface area contributed by atoms with E-state index in [0.29, 0.717) is 18.3 Å². The van der Waals surface area contributed by atoms with Crippen LogP contribution in [0.4, 0.5) is 0 Å². The number of hydrogen-bond acceptors (Lipinski definition) is 4. The molecule has 4 nitrogen and oxygen atoms in total. The monoisotopic (exact) mass is 637 g/mol. The lowest BCUT2D eigenvalue weighted by atomic mass is 10.2. The average Bonchev–Trinajstić information content (AvgIpc) is 3.09. The zero-order chi connectivity index (χ0) is 21.1. The van der Waals surface area contributed by atoms with Gasteiger partial charge in [-0.05, 0) is 98.2 Å². The second kappa shape index (κ2) is 9.45. The second-order valence-corrected chi connectivity index (χ2v) is 9.39. The van der Waals surface area contributed by atoms with E-state index in [2.05, 4.69) is 59.4 Å². The molecule has 0 N–H and O–H groups in total. The van der Waals surface area contributed by atoms with Crippen LogP contribution in [0, 0.1) is 3.57 Å². The third kappa shape index (κ3) is 5.19. The number of hydrogen-bond donors (Lipinski definition) is 0. The highest BCUT2D eigenvalue weighted by Crippen LogP contribution is 2.25. The molecule has 0 spiro atoms. The van der Waals surface area contributed by atoms with Crippen LogP contribution in [-0.2, 0) is 16.1 Å². The van der Waals surface area contributed by atoms with Gasteiger partial charge in [0.05, 0.1) is 0 Å². The van der Waals surface area contributed by atoms with Crippen molar-refractivity contribution in [3.63, 3.8) is 0 Å². The van der Waals surface area contributed by atoms with E-state index in [1.54, 1.807) is 6.08 Å². The van der Waals surface area contributed by atoms with E-state index in [4.69, 9.17) is 9.47 Å². The smallest absolute Gasteiger partial charge is 0.363 e. The van der Waals surface area contributed by atoms with Gasteiger partial charge in [0, 0.05) is 18.1 Å². The molecule has 7 heteroatoms. The van der Waals surface area contributed by atoms with E-state index in [0.717, 1.165) is 29.2 Å². The average molecular weight is 639 g/mol. The molecule has 4 rings (SSSR count). The van der Waals surface area contributed by atoms with Gasteiger partial charge in [-0.3, -0.25) is 0 Å². The summed E-state index contributed by atoms with van der Waals surface area (Å²) in [6, 6.07) is 21.2. The topological polar surface area (TPSA) is 47.9 Å². The molecular formula is C23H14Br2INO3. The van der Waals surface area contributed by atoms with E-state index in [1.165, 1.54) is 0 Å². The van der Waals surface area contributed by atoms with Gasteiger partial charge in [0.2, 0.25) is 5.90 Å². The molecule has 0 aliphatic carbocycles. The largest absolute Gasteiger partial charge is 0.489 e. The highest BCUT2D eigenvalue weighted by atomic mass is 127. The molecule has 0 atom stereocenters. The van der Waals surface area contributed by atoms with E-state index in [1.807, 2.05) is 66.7 Å². The lowest BCUT2D eigenvalue weighted by Gasteiger charge is -2.07. The number of aliphatic imine (C=N–C) groups is 1. The Kier molecular flexibility index (Phi) is 6.70. The van der Waals surface area contributed by atoms with E-state index < -0.39 is 5.97 Å². The fourth-order valence-corrected chi connectivity index (χ4v) is 3.97. The van der Waals surface area contributed by atoms with Crippen molar-refractivity contribution in [2.75, 3.05) is 0 Å². The first-order valence-corrected chi connectivity index (χ1v) is 11.6. The van der Waals surface area contributed by atoms with Gasteiger partial charge in [0.25, 0.3) is 0 Å². The van der Waals surface area contributed by atoms with E-state index >= 15 is 0 Å². The summed E-state index contributed by atoms with van der Waals surface area (Å²) in [5, 5.41) is 0. The van der Waals surface area contributed by atoms with Crippen LogP contribution in [0.5, 0.6) is 5.75 Å². The fraction of sp³-hybridized carbons (Fsp3) is 0.0435. The van der Waals surface area contributed by atoms with Crippen molar-refractivity contribution < 1.29 is 14.3 Å². The molecule has 0 aromatic heterocycles. The molecule has 0 unspecified atom stereocenters. The van der Waals surface area contributed by atoms with E-state index in [-0.39, 0.29) is 5.70 Å². The van der Waals surface area contributed by atoms with Crippen LogP contribution in [0.1, 0.15) is 16.7 Å². The number of cyclic esters (lactones) is 1. The number of halogens is 3. The molecule has 3 aromatic rings. The quantitative estimate of drug-likeness (QED) is 0.177. The van der Waals surface area contributed by atoms with Crippen molar-refractivity contribution in [1.29, 1.82) is 0 Å². The lowest BCUT2D eigenvalue weighted by Crippen LogP contribution is -2.05. The number of rotatable bonds is 5. The number of esters is 1. The highest BCUT2D eigenvalue weighted by Gasteiger charge is 2.24. The summed E-state index contributed by atoms with van der Waals surface area (Å²) >= 11 is 9.17. The molecule has 1 aliphatic heterocycles. The SMILES string of the molecule is O=C1OC(c2ccc(I)c(Br)c2)=N/C1=C\c1cccc(OCc2cccc(Br)c2)c1. The Morgan fingerprint density at radius 1 is 1.03 bits per heavy atom. The third-order valence-corrected chi connectivity index (χ3v) is 7.07. The number of nitrogens with zero attached hydrogens (tertiary/aromatic N) is 1. The molecule has 0 radical (unpaired) electrons. The Labute approximate surface area is 204 Å². The number of ether oxygens (including phenoxy) is 2. The lowest BCUT2D eigenvalue weighted by molar-refractivity contribution is -0.129. The molecular weight excluding hydrogens is 625 g/mol. The normalized spacial score (nSPS) is 14.6. The first-order chi connectivity index (χ1) is 14.5. The zero-order valence-electron chi connectivity index (χ0n) is 15.4. The minimum atomic E-state index is -0.472. The number of carbonyl (C=O) groups is 1. The minimum absolute atomic E-state index is 0.254. The number of benzene rings is 3. The van der Waals surface area contributed by atoms with Crippen molar-refractivity contribution in [2.24, 2.45) is 4.99 Å². The van der Waals surface area contributed by atoms with Crippen molar-refractivity contribution in [2.45, 2.75) is 6.61 Å². The Hall–Kier alpha value is -1.97. The van der Waals surface area contributed by atoms with Crippen LogP contribution < -0.4 is 4.74 Å². The summed E-state index contributed by atoms with van der Waals surface area (Å²) in [5.41, 5.74) is 2.86. The van der Waals surface area contributed by atoms with Gasteiger partial charge in [0.1, 0.15) is 12.4 Å². The van der Waals surface area contributed by atoms with Crippen LogP contribution in [0.25, 0.3) is 6.08 Å². The maximum absolute atomic E-state index is 12.3. The summed E-state index contributed by atoms with van der Waals surface area (Å²) in [4.78, 5) is 16.7. The summed E-state index contributed by atoms with van der Waals surface area (Å²) in [5.74, 6) is 0.534. The molecule has 0 amide bonds. The molecule has 0 bridgehead atoms. The second-order valence-electron chi connectivity index (χ2n) is 6.46. The van der Waals surface area contributed by atoms with E-state index in [9.17, 15) is 4.79 Å². The van der Waals surface area contributed by atoms with Crippen LogP contribution in [0.2, 0.25) is 0 Å². The first kappa shape index (κ1) is 21.3. The molecule has 0 fully saturated rings. The van der Waals surface area contributed by atoms with Gasteiger partial charge in [-0.1, -0.05) is 40.2 Å². The molecule has 1 aliphatic rings. The fourth-order valence-electron chi connectivity index (χ4n) is 2.81. The van der Waals surface area contributed by atoms with Crippen LogP contribution in [0.15, 0.2) is 86.4 Å². The molecule has 0 saturated carbocycles. The maximum Gasteiger partial charge on any atom is 0.363 e. The van der Waals surface area contributed by atoms with Crippen molar-refractivity contribution in [3.8, 4) is 5.75 Å². The van der Waals surface area contributed by atoms with Gasteiger partial charge < -0.3 is 9.47 Å². The summed E-state index contributed by atoms with van der Waals surface area (Å²) in [6.07, 6.45) is 1.70. The Bertz CT molecular complexity index is 1190. The minimum Gasteiger partial charge on any atom is -0.489 e. The summed E-state index contributed by atoms with van der Waals surface area (Å²) < 4.78 is 14.2. The van der Waals surface area contributed by atoms with Crippen LogP contribution >= 0.6 is 54.5 Å². The van der Waals surface area contributed by atoms with Crippen LogP contribution in [-0.4, -0.2) is 11.9 Å². The third-order valence-electron chi connectivity index (χ3n) is 4.24. The summed E-state index contributed by atoms with van der Waals surface area (Å²) in [7, 11) is 0. The molecule has 3 aromatic carbocycles. The standard InChI is InChI=1S/C23H14Br2INO3/c24-17-5-1-4-15(9-17)13-29-18-6-2-3-14(10-18)11-21-23(28)30-22(27-21)16-7-8-20(26)19(25)12-16/h1-12H,13H2/b21-11-. The molecule has 30 heavy (non-hydrogen) atoms. The van der Waals surface area contributed by atoms with Gasteiger partial charge in [-0.2, -0.15) is 0 Å². The molecule has 1 heterocycles. The molecule has 0 saturated heterocycles. The Balaban J connectivity index is 1.52. The van der Waals surface area contributed by atoms with Crippen molar-refractivity contribution >= 4 is 72.4 Å². The number of carbonyl (C=O) groups excluding carboxylic acids is 1. The Morgan fingerprint density at radius 3 is 2.67 bits per heavy atom. The van der Waals surface area contributed by atoms with Crippen molar-refractivity contribution in [1.82, 2.24) is 0 Å². The highest BCUT2D eigenvalue weighted by molar-refractivity contribution is 14.1. The van der Waals surface area contributed by atoms with Gasteiger partial charge in [-0.25, -0.2) is 9.79 Å². The predicted molar refractivity (Wildman–Crippen MR) is 132 cm³/mol. The van der Waals surface area contributed by atoms with Crippen LogP contribution in [0.3, 0.4) is 0 Å². The predicted octanol–water partition coefficient (Wildman–Crippen LogP) is 6.74. The van der Waals surface area contributed by atoms with Crippen molar-refractivity contribution in [3.05, 3.63) is 102 Å². The van der Waals surface area contributed by atoms with Gasteiger partial charge >= 0.3 is 5.97 Å². The Morgan fingerprint density at radius 2 is 1.87 bits per heavy atom. The molecule has 150 valence electrons. The van der Waals surface area contributed by atoms with Gasteiger partial charge in [0.15, 0.2) is 5.70 Å². The van der Waals surface area contributed by atoms with Gasteiger partial charge in [-0.15, -0.1) is 0 Å². The first-order valence-electron chi connectivity index (χ1n) is 8.93.